The molecule has 0 aromatic heterocycles. The topological polar surface area (TPSA) is 3.24 Å². The van der Waals surface area contributed by atoms with E-state index in [0.29, 0.717) is 0 Å². The van der Waals surface area contributed by atoms with E-state index in [0.717, 1.165) is 0 Å². The minimum Gasteiger partial charge on any atom is -0.323 e. The molecule has 0 aromatic carbocycles. The van der Waals surface area contributed by atoms with Crippen molar-refractivity contribution in [3.63, 3.8) is 0 Å². The van der Waals surface area contributed by atoms with Gasteiger partial charge in [0.25, 0.3) is 0 Å². The molecule has 0 saturated heterocycles. The highest BCUT2D eigenvalue weighted by Gasteiger charge is 2.04. The van der Waals surface area contributed by atoms with Crippen LogP contribution in [0, 0.1) is 0 Å². The van der Waals surface area contributed by atoms with Gasteiger partial charge in [-0.25, -0.2) is 0 Å². The molecule has 0 aliphatic carbocycles. The Morgan fingerprint density at radius 3 is 3.10 bits per heavy atom. The third-order valence-electron chi connectivity index (χ3n) is 1.41. The predicted octanol–water partition coefficient (Wildman–Crippen LogP) is 2.43. The molecule has 1 nitrogen and oxygen atoms in total. The molecule has 50 valence electrons. The maximum absolute atomic E-state index is 2.12. The summed E-state index contributed by atoms with van der Waals surface area (Å²) in [5, 5.41) is 4.19. The van der Waals surface area contributed by atoms with Gasteiger partial charge in [0.1, 0.15) is 0 Å². The van der Waals surface area contributed by atoms with E-state index < -0.39 is 0 Å². The van der Waals surface area contributed by atoms with Crippen molar-refractivity contribution < 1.29 is 0 Å². The van der Waals surface area contributed by atoms with Gasteiger partial charge >= 0.3 is 0 Å². The molecule has 2 aliphatic rings. The molecule has 0 radical (unpaired) electrons. The highest BCUT2D eigenvalue weighted by Crippen LogP contribution is 2.22. The lowest BCUT2D eigenvalue weighted by molar-refractivity contribution is 0.647. The molecule has 0 aromatic rings. The fourth-order valence-electron chi connectivity index (χ4n) is 0.914. The van der Waals surface area contributed by atoms with Crippen LogP contribution in [0.1, 0.15) is 0 Å². The van der Waals surface area contributed by atoms with Crippen LogP contribution < -0.4 is 0 Å². The molecule has 0 saturated carbocycles. The predicted molar refractivity (Wildman–Crippen MR) is 44.9 cm³/mol. The Labute approximate surface area is 64.4 Å². The average molecular weight is 149 g/mol. The van der Waals surface area contributed by atoms with Crippen LogP contribution in [-0.4, -0.2) is 4.90 Å². The van der Waals surface area contributed by atoms with Gasteiger partial charge in [-0.2, -0.15) is 0 Å². The molecule has 0 unspecified atom stereocenters. The number of hydrogen-bond acceptors (Lipinski definition) is 2. The molecule has 2 heteroatoms. The van der Waals surface area contributed by atoms with Crippen molar-refractivity contribution in [1.82, 2.24) is 4.90 Å². The van der Waals surface area contributed by atoms with E-state index in [9.17, 15) is 0 Å². The molecule has 0 N–H and O–H groups in total. The highest BCUT2D eigenvalue weighted by molar-refractivity contribution is 8.04. The summed E-state index contributed by atoms with van der Waals surface area (Å²) in [5.74, 6) is 0. The SMILES string of the molecule is C1=CC2=CSC=CN2C=C1. The molecule has 0 atom stereocenters. The number of fused-ring (bicyclic) bond motifs is 1. The zero-order chi connectivity index (χ0) is 6.81. The number of nitrogens with zero attached hydrogens (tertiary/aromatic N) is 1. The summed E-state index contributed by atoms with van der Waals surface area (Å²) in [5.41, 5.74) is 1.25. The second kappa shape index (κ2) is 2.39. The first-order chi connectivity index (χ1) is 4.97. The zero-order valence-corrected chi connectivity index (χ0v) is 6.21. The van der Waals surface area contributed by atoms with E-state index in [-0.39, 0.29) is 0 Å². The fraction of sp³-hybridized carbons (Fsp3) is 0. The summed E-state index contributed by atoms with van der Waals surface area (Å²) in [6, 6.07) is 0. The zero-order valence-electron chi connectivity index (χ0n) is 5.40. The quantitative estimate of drug-likeness (QED) is 0.520. The van der Waals surface area contributed by atoms with Crippen molar-refractivity contribution in [3.8, 4) is 0 Å². The molecule has 0 amide bonds. The summed E-state index contributed by atoms with van der Waals surface area (Å²) in [6.07, 6.45) is 10.3. The summed E-state index contributed by atoms with van der Waals surface area (Å²) >= 11 is 1.71. The van der Waals surface area contributed by atoms with E-state index in [1.54, 1.807) is 11.8 Å². The summed E-state index contributed by atoms with van der Waals surface area (Å²) in [6.45, 7) is 0. The van der Waals surface area contributed by atoms with Gasteiger partial charge in [-0.15, -0.1) is 11.8 Å². The second-order valence-corrected chi connectivity index (χ2v) is 2.85. The standard InChI is InChI=1S/C8H7NS/c1-2-4-9-5-6-10-7-8(9)3-1/h1-7H. The number of hydrogen-bond donors (Lipinski definition) is 0. The van der Waals surface area contributed by atoms with Crippen molar-refractivity contribution in [1.29, 1.82) is 0 Å². The molecule has 2 heterocycles. The van der Waals surface area contributed by atoms with Crippen LogP contribution in [0.15, 0.2) is 47.1 Å². The lowest BCUT2D eigenvalue weighted by atomic mass is 10.3. The number of rotatable bonds is 0. The Bertz CT molecular complexity index is 248. The summed E-state index contributed by atoms with van der Waals surface area (Å²) in [7, 11) is 0. The Morgan fingerprint density at radius 1 is 1.20 bits per heavy atom. The third-order valence-corrected chi connectivity index (χ3v) is 2.07. The Morgan fingerprint density at radius 2 is 2.20 bits per heavy atom. The van der Waals surface area contributed by atoms with Crippen LogP contribution in [0.3, 0.4) is 0 Å². The molecule has 10 heavy (non-hydrogen) atoms. The molecular formula is C8H7NS. The molecule has 0 fully saturated rings. The molecule has 0 bridgehead atoms. The summed E-state index contributed by atoms with van der Waals surface area (Å²) in [4.78, 5) is 2.09. The van der Waals surface area contributed by atoms with Crippen LogP contribution >= 0.6 is 11.8 Å². The van der Waals surface area contributed by atoms with Crippen LogP contribution in [0.4, 0.5) is 0 Å². The fourth-order valence-corrected chi connectivity index (χ4v) is 1.53. The van der Waals surface area contributed by atoms with Gasteiger partial charge in [-0.3, -0.25) is 0 Å². The van der Waals surface area contributed by atoms with E-state index in [2.05, 4.69) is 28.0 Å². The van der Waals surface area contributed by atoms with Gasteiger partial charge in [0.2, 0.25) is 0 Å². The van der Waals surface area contributed by atoms with Gasteiger partial charge < -0.3 is 4.90 Å². The van der Waals surface area contributed by atoms with Crippen LogP contribution in [0.25, 0.3) is 0 Å². The summed E-state index contributed by atoms with van der Waals surface area (Å²) < 4.78 is 0. The average Bonchev–Trinajstić information content (AvgIpc) is 2.05. The van der Waals surface area contributed by atoms with Gasteiger partial charge in [0, 0.05) is 12.4 Å². The molecule has 0 spiro atoms. The minimum absolute atomic E-state index is 1.25. The van der Waals surface area contributed by atoms with Crippen molar-refractivity contribution in [2.75, 3.05) is 0 Å². The number of thioether (sulfide) groups is 1. The minimum atomic E-state index is 1.25. The molecular weight excluding hydrogens is 142 g/mol. The largest absolute Gasteiger partial charge is 0.323 e. The normalized spacial score (nSPS) is 20.8. The van der Waals surface area contributed by atoms with Gasteiger partial charge in [-0.05, 0) is 23.0 Å². The van der Waals surface area contributed by atoms with Crippen LogP contribution in [-0.2, 0) is 0 Å². The maximum Gasteiger partial charge on any atom is 0.0515 e. The van der Waals surface area contributed by atoms with Crippen LogP contribution in [0.2, 0.25) is 0 Å². The van der Waals surface area contributed by atoms with Crippen LogP contribution in [0.5, 0.6) is 0 Å². The monoisotopic (exact) mass is 149 g/mol. The Hall–Kier alpha value is -0.890. The Balaban J connectivity index is 2.33. The van der Waals surface area contributed by atoms with E-state index >= 15 is 0 Å². The maximum atomic E-state index is 2.12. The Kier molecular flexibility index (Phi) is 1.40. The van der Waals surface area contributed by atoms with E-state index in [1.807, 2.05) is 18.4 Å². The van der Waals surface area contributed by atoms with Crippen molar-refractivity contribution in [2.45, 2.75) is 0 Å². The van der Waals surface area contributed by atoms with Crippen molar-refractivity contribution in [2.24, 2.45) is 0 Å². The van der Waals surface area contributed by atoms with Crippen molar-refractivity contribution in [3.05, 3.63) is 47.1 Å². The first-order valence-electron chi connectivity index (χ1n) is 3.12. The van der Waals surface area contributed by atoms with Gasteiger partial charge in [0.15, 0.2) is 0 Å². The van der Waals surface area contributed by atoms with E-state index in [4.69, 9.17) is 0 Å². The van der Waals surface area contributed by atoms with Gasteiger partial charge in [-0.1, -0.05) is 6.08 Å². The smallest absolute Gasteiger partial charge is 0.0515 e. The first-order valence-corrected chi connectivity index (χ1v) is 4.06. The third kappa shape index (κ3) is 0.907. The highest BCUT2D eigenvalue weighted by atomic mass is 32.2. The molecule has 2 rings (SSSR count). The number of allylic oxidation sites excluding steroid dienone is 3. The van der Waals surface area contributed by atoms with E-state index in [1.165, 1.54) is 5.70 Å². The van der Waals surface area contributed by atoms with Crippen molar-refractivity contribution >= 4 is 11.8 Å². The first kappa shape index (κ1) is 5.86. The second-order valence-electron chi connectivity index (χ2n) is 2.07. The molecule has 2 aliphatic heterocycles. The lowest BCUT2D eigenvalue weighted by Gasteiger charge is -2.21. The van der Waals surface area contributed by atoms with Gasteiger partial charge in [0.05, 0.1) is 5.70 Å². The lowest BCUT2D eigenvalue weighted by Crippen LogP contribution is -2.10.